The summed E-state index contributed by atoms with van der Waals surface area (Å²) in [6.07, 6.45) is 1.29. The second-order valence-electron chi connectivity index (χ2n) is 4.27. The minimum Gasteiger partial charge on any atom is -0.492 e. The summed E-state index contributed by atoms with van der Waals surface area (Å²) >= 11 is 5.50. The minimum atomic E-state index is -3.21. The average molecular weight is 306 g/mol. The summed E-state index contributed by atoms with van der Waals surface area (Å²) in [6, 6.07) is 7.64. The van der Waals surface area contributed by atoms with Gasteiger partial charge in [-0.2, -0.15) is 0 Å². The molecule has 0 aliphatic rings. The van der Waals surface area contributed by atoms with E-state index < -0.39 is 10.0 Å². The van der Waals surface area contributed by atoms with Gasteiger partial charge in [-0.1, -0.05) is 12.1 Å². The fourth-order valence-electron chi connectivity index (χ4n) is 1.53. The highest BCUT2D eigenvalue weighted by atomic mass is 35.5. The Bertz CT molecular complexity index is 477. The Labute approximate surface area is 120 Å². The van der Waals surface area contributed by atoms with Gasteiger partial charge in [0.25, 0.3) is 0 Å². The number of unbranched alkanes of at least 4 members (excludes halogenated alkanes) is 1. The molecule has 0 heterocycles. The van der Waals surface area contributed by atoms with Crippen molar-refractivity contribution < 1.29 is 13.2 Å². The lowest BCUT2D eigenvalue weighted by Crippen LogP contribution is -2.30. The van der Waals surface area contributed by atoms with Crippen molar-refractivity contribution in [2.24, 2.45) is 0 Å². The van der Waals surface area contributed by atoms with Crippen LogP contribution in [0.5, 0.6) is 5.75 Å². The first-order valence-electron chi connectivity index (χ1n) is 6.26. The van der Waals surface area contributed by atoms with Gasteiger partial charge in [0.2, 0.25) is 10.0 Å². The van der Waals surface area contributed by atoms with Crippen LogP contribution < -0.4 is 9.46 Å². The maximum atomic E-state index is 11.6. The Hall–Kier alpha value is -0.780. The molecule has 0 aliphatic carbocycles. The van der Waals surface area contributed by atoms with Gasteiger partial charge in [-0.05, 0) is 37.5 Å². The van der Waals surface area contributed by atoms with Gasteiger partial charge < -0.3 is 4.74 Å². The third kappa shape index (κ3) is 7.40. The number of hydrogen-bond donors (Lipinski definition) is 1. The molecule has 19 heavy (non-hydrogen) atoms. The number of benzene rings is 1. The van der Waals surface area contributed by atoms with Crippen molar-refractivity contribution in [3.8, 4) is 5.75 Å². The van der Waals surface area contributed by atoms with E-state index in [1.807, 2.05) is 31.2 Å². The normalized spacial score (nSPS) is 11.5. The van der Waals surface area contributed by atoms with E-state index in [1.165, 1.54) is 0 Å². The lowest BCUT2D eigenvalue weighted by Gasteiger charge is -2.08. The number of alkyl halides is 1. The van der Waals surface area contributed by atoms with Crippen molar-refractivity contribution in [1.82, 2.24) is 4.72 Å². The van der Waals surface area contributed by atoms with Crippen LogP contribution in [0.4, 0.5) is 0 Å². The number of ether oxygens (including phenoxy) is 1. The molecule has 4 nitrogen and oxygen atoms in total. The molecule has 0 bridgehead atoms. The van der Waals surface area contributed by atoms with Crippen molar-refractivity contribution in [2.45, 2.75) is 19.8 Å². The molecule has 6 heteroatoms. The molecule has 0 fully saturated rings. The molecule has 0 spiro atoms. The van der Waals surface area contributed by atoms with E-state index in [4.69, 9.17) is 16.3 Å². The number of aryl methyl sites for hydroxylation is 1. The molecule has 0 atom stereocenters. The molecule has 0 unspecified atom stereocenters. The van der Waals surface area contributed by atoms with Gasteiger partial charge in [0, 0.05) is 12.4 Å². The quantitative estimate of drug-likeness (QED) is 0.563. The lowest BCUT2D eigenvalue weighted by atomic mass is 10.2. The van der Waals surface area contributed by atoms with E-state index in [1.54, 1.807) is 0 Å². The van der Waals surface area contributed by atoms with Gasteiger partial charge in [0.15, 0.2) is 0 Å². The van der Waals surface area contributed by atoms with Gasteiger partial charge in [-0.15, -0.1) is 11.6 Å². The molecule has 1 aromatic rings. The largest absolute Gasteiger partial charge is 0.492 e. The molecule has 0 saturated heterocycles. The molecular weight excluding hydrogens is 286 g/mol. The van der Waals surface area contributed by atoms with Gasteiger partial charge in [0.05, 0.1) is 5.75 Å². The molecular formula is C13H20ClNO3S. The summed E-state index contributed by atoms with van der Waals surface area (Å²) < 4.78 is 31.1. The highest BCUT2D eigenvalue weighted by molar-refractivity contribution is 7.89. The number of halogens is 1. The predicted octanol–water partition coefficient (Wildman–Crippen LogP) is 2.31. The molecule has 1 rings (SSSR count). The average Bonchev–Trinajstić information content (AvgIpc) is 2.35. The Morgan fingerprint density at radius 3 is 2.79 bits per heavy atom. The van der Waals surface area contributed by atoms with Crippen LogP contribution in [0.1, 0.15) is 18.4 Å². The molecule has 0 aliphatic heterocycles. The van der Waals surface area contributed by atoms with Crippen LogP contribution >= 0.6 is 11.6 Å². The Kier molecular flexibility index (Phi) is 7.20. The van der Waals surface area contributed by atoms with Crippen molar-refractivity contribution >= 4 is 21.6 Å². The number of nitrogens with one attached hydrogen (secondary N) is 1. The Balaban J connectivity index is 2.23. The molecule has 0 amide bonds. The monoisotopic (exact) mass is 305 g/mol. The first-order chi connectivity index (χ1) is 9.03. The fraction of sp³-hybridized carbons (Fsp3) is 0.538. The van der Waals surface area contributed by atoms with E-state index in [9.17, 15) is 8.42 Å². The molecule has 0 aromatic heterocycles. The van der Waals surface area contributed by atoms with Crippen molar-refractivity contribution in [3.05, 3.63) is 29.8 Å². The predicted molar refractivity (Wildman–Crippen MR) is 78.4 cm³/mol. The van der Waals surface area contributed by atoms with Gasteiger partial charge in [-0.3, -0.25) is 0 Å². The topological polar surface area (TPSA) is 55.4 Å². The van der Waals surface area contributed by atoms with Crippen LogP contribution in [0.2, 0.25) is 0 Å². The van der Waals surface area contributed by atoms with Crippen LogP contribution in [-0.2, 0) is 10.0 Å². The van der Waals surface area contributed by atoms with Crippen LogP contribution in [0, 0.1) is 6.92 Å². The maximum absolute atomic E-state index is 11.6. The third-order valence-corrected chi connectivity index (χ3v) is 4.22. The fourth-order valence-corrected chi connectivity index (χ4v) is 2.84. The zero-order valence-corrected chi connectivity index (χ0v) is 12.6. The number of hydrogen-bond acceptors (Lipinski definition) is 3. The summed E-state index contributed by atoms with van der Waals surface area (Å²) in [5.41, 5.74) is 1.11. The highest BCUT2D eigenvalue weighted by Crippen LogP contribution is 2.11. The van der Waals surface area contributed by atoms with Crippen LogP contribution in [0.3, 0.4) is 0 Å². The number of rotatable bonds is 9. The van der Waals surface area contributed by atoms with E-state index in [0.717, 1.165) is 11.3 Å². The summed E-state index contributed by atoms with van der Waals surface area (Å²) in [7, 11) is -3.21. The van der Waals surface area contributed by atoms with Gasteiger partial charge in [-0.25, -0.2) is 13.1 Å². The van der Waals surface area contributed by atoms with E-state index >= 15 is 0 Å². The van der Waals surface area contributed by atoms with Crippen molar-refractivity contribution in [2.75, 3.05) is 24.8 Å². The van der Waals surface area contributed by atoms with Crippen LogP contribution in [0.15, 0.2) is 24.3 Å². The zero-order valence-electron chi connectivity index (χ0n) is 11.1. The summed E-state index contributed by atoms with van der Waals surface area (Å²) in [6.45, 7) is 2.57. The zero-order chi connectivity index (χ0) is 14.1. The minimum absolute atomic E-state index is 0.115. The van der Waals surface area contributed by atoms with Crippen molar-refractivity contribution in [3.63, 3.8) is 0 Å². The lowest BCUT2D eigenvalue weighted by molar-refractivity contribution is 0.322. The molecule has 1 aromatic carbocycles. The van der Waals surface area contributed by atoms with Crippen LogP contribution in [0.25, 0.3) is 0 Å². The molecule has 0 radical (unpaired) electrons. The molecule has 0 saturated carbocycles. The smallest absolute Gasteiger partial charge is 0.211 e. The second-order valence-corrected chi connectivity index (χ2v) is 6.58. The maximum Gasteiger partial charge on any atom is 0.211 e. The van der Waals surface area contributed by atoms with Gasteiger partial charge in [0.1, 0.15) is 12.4 Å². The molecule has 108 valence electrons. The molecule has 1 N–H and O–H groups in total. The first-order valence-corrected chi connectivity index (χ1v) is 8.45. The third-order valence-electron chi connectivity index (χ3n) is 2.48. The summed E-state index contributed by atoms with van der Waals surface area (Å²) in [5.74, 6) is 1.36. The highest BCUT2D eigenvalue weighted by Gasteiger charge is 2.08. The Morgan fingerprint density at radius 2 is 2.11 bits per heavy atom. The van der Waals surface area contributed by atoms with E-state index in [0.29, 0.717) is 25.3 Å². The van der Waals surface area contributed by atoms with Crippen LogP contribution in [-0.4, -0.2) is 33.2 Å². The van der Waals surface area contributed by atoms with E-state index in [2.05, 4.69) is 4.72 Å². The SMILES string of the molecule is Cc1cccc(OCCNS(=O)(=O)CCCCCl)c1. The standard InChI is InChI=1S/C13H20ClNO3S/c1-12-5-4-6-13(11-12)18-9-8-15-19(16,17)10-3-2-7-14/h4-6,11,15H,2-3,7-10H2,1H3. The Morgan fingerprint density at radius 1 is 1.32 bits per heavy atom. The number of sulfonamides is 1. The van der Waals surface area contributed by atoms with Gasteiger partial charge >= 0.3 is 0 Å². The summed E-state index contributed by atoms with van der Waals surface area (Å²) in [5, 5.41) is 0. The van der Waals surface area contributed by atoms with E-state index in [-0.39, 0.29) is 12.3 Å². The first kappa shape index (κ1) is 16.3. The summed E-state index contributed by atoms with van der Waals surface area (Å²) in [4.78, 5) is 0. The van der Waals surface area contributed by atoms with Crippen molar-refractivity contribution in [1.29, 1.82) is 0 Å². The second kappa shape index (κ2) is 8.40.